The lowest BCUT2D eigenvalue weighted by Gasteiger charge is -2.15. The Morgan fingerprint density at radius 3 is 2.33 bits per heavy atom. The number of hydrogen-bond acceptors (Lipinski definition) is 3. The third kappa shape index (κ3) is 5.20. The van der Waals surface area contributed by atoms with Crippen LogP contribution in [0.2, 0.25) is 0 Å². The van der Waals surface area contributed by atoms with Crippen molar-refractivity contribution < 1.29 is 14.3 Å². The Hall–Kier alpha value is -3.08. The summed E-state index contributed by atoms with van der Waals surface area (Å²) >= 11 is 0. The van der Waals surface area contributed by atoms with Crippen LogP contribution in [0.3, 0.4) is 0 Å². The van der Waals surface area contributed by atoms with Crippen molar-refractivity contribution in [2.45, 2.75) is 19.4 Å². The van der Waals surface area contributed by atoms with Crippen LogP contribution < -0.4 is 10.1 Å². The highest BCUT2D eigenvalue weighted by atomic mass is 16.5. The monoisotopic (exact) mass is 364 g/mol. The first-order valence-electron chi connectivity index (χ1n) is 9.14. The first-order chi connectivity index (χ1) is 13.2. The van der Waals surface area contributed by atoms with Gasteiger partial charge in [0.05, 0.1) is 7.11 Å². The van der Waals surface area contributed by atoms with E-state index in [4.69, 9.17) is 4.74 Å². The van der Waals surface area contributed by atoms with Crippen molar-refractivity contribution in [2.75, 3.05) is 20.2 Å². The van der Waals surface area contributed by atoms with Gasteiger partial charge in [-0.1, -0.05) is 24.3 Å². The summed E-state index contributed by atoms with van der Waals surface area (Å²) in [7, 11) is 1.62. The molecule has 1 aliphatic rings. The van der Waals surface area contributed by atoms with Crippen LogP contribution >= 0.6 is 0 Å². The van der Waals surface area contributed by atoms with E-state index in [2.05, 4.69) is 5.32 Å². The van der Waals surface area contributed by atoms with Gasteiger partial charge in [-0.3, -0.25) is 9.59 Å². The van der Waals surface area contributed by atoms with Crippen LogP contribution in [-0.4, -0.2) is 36.9 Å². The predicted octanol–water partition coefficient (Wildman–Crippen LogP) is 3.26. The van der Waals surface area contributed by atoms with Crippen molar-refractivity contribution in [2.24, 2.45) is 0 Å². The van der Waals surface area contributed by atoms with Crippen molar-refractivity contribution in [3.63, 3.8) is 0 Å². The van der Waals surface area contributed by atoms with Gasteiger partial charge in [0.2, 0.25) is 5.91 Å². The Labute approximate surface area is 159 Å². The Balaban J connectivity index is 1.49. The van der Waals surface area contributed by atoms with Crippen LogP contribution in [0.25, 0.3) is 6.08 Å². The fraction of sp³-hybridized carbons (Fsp3) is 0.273. The lowest BCUT2D eigenvalue weighted by Crippen LogP contribution is -2.27. The number of ether oxygens (including phenoxy) is 1. The number of amides is 2. The fourth-order valence-electron chi connectivity index (χ4n) is 3.00. The Kier molecular flexibility index (Phi) is 6.26. The molecule has 0 saturated carbocycles. The Bertz CT molecular complexity index is 804. The molecule has 5 heteroatoms. The summed E-state index contributed by atoms with van der Waals surface area (Å²) in [4.78, 5) is 26.2. The number of nitrogens with zero attached hydrogens (tertiary/aromatic N) is 1. The molecule has 0 atom stereocenters. The fourth-order valence-corrected chi connectivity index (χ4v) is 3.00. The van der Waals surface area contributed by atoms with Crippen LogP contribution in [0.5, 0.6) is 5.75 Å². The molecule has 1 saturated heterocycles. The Morgan fingerprint density at radius 2 is 1.70 bits per heavy atom. The maximum Gasteiger partial charge on any atom is 0.253 e. The zero-order valence-corrected chi connectivity index (χ0v) is 15.5. The molecule has 1 N–H and O–H groups in total. The van der Waals surface area contributed by atoms with E-state index >= 15 is 0 Å². The number of rotatable bonds is 6. The van der Waals surface area contributed by atoms with Gasteiger partial charge in [0.1, 0.15) is 5.75 Å². The molecule has 0 unspecified atom stereocenters. The molecule has 1 fully saturated rings. The minimum atomic E-state index is -0.164. The van der Waals surface area contributed by atoms with Crippen LogP contribution in [0, 0.1) is 0 Å². The molecule has 3 rings (SSSR count). The first kappa shape index (κ1) is 18.7. The highest BCUT2D eigenvalue weighted by Crippen LogP contribution is 2.14. The van der Waals surface area contributed by atoms with Gasteiger partial charge in [0.25, 0.3) is 5.91 Å². The number of methoxy groups -OCH3 is 1. The van der Waals surface area contributed by atoms with Crippen molar-refractivity contribution in [1.29, 1.82) is 0 Å². The third-order valence-corrected chi connectivity index (χ3v) is 4.60. The van der Waals surface area contributed by atoms with Gasteiger partial charge in [-0.15, -0.1) is 0 Å². The van der Waals surface area contributed by atoms with E-state index < -0.39 is 0 Å². The predicted molar refractivity (Wildman–Crippen MR) is 105 cm³/mol. The number of hydrogen-bond donors (Lipinski definition) is 1. The molecular weight excluding hydrogens is 340 g/mol. The zero-order chi connectivity index (χ0) is 19.1. The summed E-state index contributed by atoms with van der Waals surface area (Å²) < 4.78 is 5.11. The second-order valence-electron chi connectivity index (χ2n) is 6.52. The van der Waals surface area contributed by atoms with Gasteiger partial charge in [-0.2, -0.15) is 0 Å². The van der Waals surface area contributed by atoms with E-state index in [0.717, 1.165) is 42.8 Å². The summed E-state index contributed by atoms with van der Waals surface area (Å²) in [6.45, 7) is 2.11. The number of carbonyl (C=O) groups is 2. The van der Waals surface area contributed by atoms with Crippen LogP contribution in [0.4, 0.5) is 0 Å². The Morgan fingerprint density at radius 1 is 1.04 bits per heavy atom. The number of likely N-dealkylation sites (tertiary alicyclic amines) is 1. The van der Waals surface area contributed by atoms with Gasteiger partial charge in [-0.25, -0.2) is 0 Å². The summed E-state index contributed by atoms with van der Waals surface area (Å²) in [5.41, 5.74) is 2.58. The normalized spacial score (nSPS) is 13.7. The molecule has 0 aromatic heterocycles. The van der Waals surface area contributed by atoms with Crippen LogP contribution in [0.15, 0.2) is 54.6 Å². The second kappa shape index (κ2) is 9.03. The number of nitrogens with one attached hydrogen (secondary N) is 1. The van der Waals surface area contributed by atoms with E-state index in [1.807, 2.05) is 53.4 Å². The van der Waals surface area contributed by atoms with Gasteiger partial charge in [-0.05, 0) is 54.3 Å². The van der Waals surface area contributed by atoms with Crippen molar-refractivity contribution in [3.8, 4) is 5.75 Å². The maximum atomic E-state index is 12.3. The lowest BCUT2D eigenvalue weighted by molar-refractivity contribution is -0.116. The van der Waals surface area contributed by atoms with E-state index in [0.29, 0.717) is 12.1 Å². The molecular formula is C22H24N2O3. The van der Waals surface area contributed by atoms with Gasteiger partial charge < -0.3 is 15.0 Å². The van der Waals surface area contributed by atoms with Crippen molar-refractivity contribution in [3.05, 3.63) is 71.3 Å². The molecule has 2 aromatic carbocycles. The quantitative estimate of drug-likeness (QED) is 0.801. The summed E-state index contributed by atoms with van der Waals surface area (Å²) in [6.07, 6.45) is 5.43. The van der Waals surface area contributed by atoms with E-state index in [1.54, 1.807) is 13.2 Å². The SMILES string of the molecule is COc1ccc(C=CC(=O)NCc2ccc(C(=O)N3CCCC3)cc2)cc1. The summed E-state index contributed by atoms with van der Waals surface area (Å²) in [6, 6.07) is 14.9. The number of carbonyl (C=O) groups excluding carboxylic acids is 2. The molecule has 0 radical (unpaired) electrons. The molecule has 1 aliphatic heterocycles. The standard InChI is InChI=1S/C22H24N2O3/c1-27-20-11-6-17(7-12-20)8-13-21(25)23-16-18-4-9-19(10-5-18)22(26)24-14-2-3-15-24/h4-13H,2-3,14-16H2,1H3,(H,23,25). The van der Waals surface area contributed by atoms with Gasteiger partial charge in [0.15, 0.2) is 0 Å². The van der Waals surface area contributed by atoms with Gasteiger partial charge >= 0.3 is 0 Å². The minimum Gasteiger partial charge on any atom is -0.497 e. The maximum absolute atomic E-state index is 12.3. The molecule has 140 valence electrons. The average Bonchev–Trinajstić information content (AvgIpc) is 3.26. The lowest BCUT2D eigenvalue weighted by atomic mass is 10.1. The topological polar surface area (TPSA) is 58.6 Å². The highest BCUT2D eigenvalue weighted by Gasteiger charge is 2.19. The smallest absolute Gasteiger partial charge is 0.253 e. The highest BCUT2D eigenvalue weighted by molar-refractivity contribution is 5.94. The van der Waals surface area contributed by atoms with Crippen molar-refractivity contribution >= 4 is 17.9 Å². The third-order valence-electron chi connectivity index (χ3n) is 4.60. The van der Waals surface area contributed by atoms with E-state index in [9.17, 15) is 9.59 Å². The summed E-state index contributed by atoms with van der Waals surface area (Å²) in [5.74, 6) is 0.705. The molecule has 0 bridgehead atoms. The molecule has 0 aliphatic carbocycles. The molecule has 5 nitrogen and oxygen atoms in total. The van der Waals surface area contributed by atoms with Crippen LogP contribution in [-0.2, 0) is 11.3 Å². The van der Waals surface area contributed by atoms with Gasteiger partial charge in [0, 0.05) is 31.3 Å². The molecule has 0 spiro atoms. The molecule has 27 heavy (non-hydrogen) atoms. The minimum absolute atomic E-state index is 0.0884. The average molecular weight is 364 g/mol. The molecule has 2 aromatic rings. The van der Waals surface area contributed by atoms with E-state index in [-0.39, 0.29) is 11.8 Å². The van der Waals surface area contributed by atoms with Crippen LogP contribution in [0.1, 0.15) is 34.3 Å². The summed E-state index contributed by atoms with van der Waals surface area (Å²) in [5, 5.41) is 2.85. The largest absolute Gasteiger partial charge is 0.497 e. The number of benzene rings is 2. The molecule has 1 heterocycles. The van der Waals surface area contributed by atoms with E-state index in [1.165, 1.54) is 6.08 Å². The van der Waals surface area contributed by atoms with Crippen molar-refractivity contribution in [1.82, 2.24) is 10.2 Å². The second-order valence-corrected chi connectivity index (χ2v) is 6.52. The molecule has 2 amide bonds. The zero-order valence-electron chi connectivity index (χ0n) is 15.5. The first-order valence-corrected chi connectivity index (χ1v) is 9.14.